The van der Waals surface area contributed by atoms with Crippen molar-refractivity contribution in [3.05, 3.63) is 34.9 Å². The topological polar surface area (TPSA) is 44.8 Å². The zero-order valence-electron chi connectivity index (χ0n) is 22.0. The van der Waals surface area contributed by atoms with Crippen molar-refractivity contribution >= 4 is 5.91 Å². The molecule has 3 fully saturated rings. The van der Waals surface area contributed by atoms with Crippen LogP contribution in [0.2, 0.25) is 0 Å². The number of likely N-dealkylation sites (tertiary alicyclic amines) is 1. The van der Waals surface area contributed by atoms with E-state index in [2.05, 4.69) is 29.0 Å². The smallest absolute Gasteiger partial charge is 0.379 e. The molecule has 2 saturated heterocycles. The monoisotopic (exact) mass is 549 g/mol. The molecule has 0 atom stereocenters. The fourth-order valence-electron chi connectivity index (χ4n) is 5.84. The maximum absolute atomic E-state index is 13.5. The van der Waals surface area contributed by atoms with E-state index in [1.165, 1.54) is 0 Å². The molecular weight excluding hydrogens is 512 g/mol. The van der Waals surface area contributed by atoms with E-state index in [0.29, 0.717) is 50.5 Å². The Morgan fingerprint density at radius 1 is 0.947 bits per heavy atom. The number of alkyl halides is 6. The molecule has 0 spiro atoms. The van der Waals surface area contributed by atoms with Gasteiger partial charge in [-0.05, 0) is 75.9 Å². The number of carbonyl (C=O) groups is 1. The van der Waals surface area contributed by atoms with Crippen LogP contribution in [0.3, 0.4) is 0 Å². The summed E-state index contributed by atoms with van der Waals surface area (Å²) in [6.45, 7) is 9.49. The van der Waals surface area contributed by atoms with E-state index in [9.17, 15) is 31.1 Å². The highest BCUT2D eigenvalue weighted by atomic mass is 19.4. The van der Waals surface area contributed by atoms with Crippen LogP contribution in [0.4, 0.5) is 26.3 Å². The Bertz CT molecular complexity index is 944. The standard InChI is InChI=1S/C27H37F6N3O2/c1-24(2,36-9-11-38-12-10-36)18-35-7-5-25(6-8-35,16-19-3-4-19)23(37)34-17-20-13-21(26(28,29)30)15-22(14-20)27(31,32)33/h13-15,19H,3-12,16-18H2,1-2H3,(H,34,37). The molecule has 38 heavy (non-hydrogen) atoms. The van der Waals surface area contributed by atoms with Gasteiger partial charge >= 0.3 is 12.4 Å². The highest BCUT2D eigenvalue weighted by Crippen LogP contribution is 2.46. The second kappa shape index (κ2) is 11.0. The molecule has 1 aromatic carbocycles. The molecule has 214 valence electrons. The number of hydrogen-bond acceptors (Lipinski definition) is 4. The van der Waals surface area contributed by atoms with Crippen LogP contribution in [-0.2, 0) is 28.4 Å². The quantitative estimate of drug-likeness (QED) is 0.445. The Morgan fingerprint density at radius 3 is 2.00 bits per heavy atom. The Hall–Kier alpha value is -1.85. The van der Waals surface area contributed by atoms with Crippen LogP contribution in [0, 0.1) is 11.3 Å². The molecule has 4 rings (SSSR count). The second-order valence-electron chi connectivity index (χ2n) is 11.7. The summed E-state index contributed by atoms with van der Waals surface area (Å²) < 4.78 is 84.9. The third-order valence-electron chi connectivity index (χ3n) is 8.25. The highest BCUT2D eigenvalue weighted by molar-refractivity contribution is 5.82. The van der Waals surface area contributed by atoms with Crippen LogP contribution < -0.4 is 5.32 Å². The number of nitrogens with one attached hydrogen (secondary N) is 1. The van der Waals surface area contributed by atoms with Gasteiger partial charge in [0, 0.05) is 31.7 Å². The maximum Gasteiger partial charge on any atom is 0.416 e. The first kappa shape index (κ1) is 29.1. The Balaban J connectivity index is 1.42. The minimum absolute atomic E-state index is 0.0534. The maximum atomic E-state index is 13.5. The summed E-state index contributed by atoms with van der Waals surface area (Å²) in [6, 6.07) is 1.47. The fourth-order valence-corrected chi connectivity index (χ4v) is 5.84. The number of halogens is 6. The molecule has 1 saturated carbocycles. The Morgan fingerprint density at radius 2 is 1.50 bits per heavy atom. The van der Waals surface area contributed by atoms with Gasteiger partial charge in [0.1, 0.15) is 0 Å². The lowest BCUT2D eigenvalue weighted by Crippen LogP contribution is -2.57. The third kappa shape index (κ3) is 7.21. The molecule has 1 amide bonds. The van der Waals surface area contributed by atoms with Crippen LogP contribution in [0.25, 0.3) is 0 Å². The summed E-state index contributed by atoms with van der Waals surface area (Å²) in [7, 11) is 0. The van der Waals surface area contributed by atoms with Gasteiger partial charge in [-0.3, -0.25) is 9.69 Å². The number of nitrogens with zero attached hydrogens (tertiary/aromatic N) is 2. The molecule has 1 aromatic rings. The van der Waals surface area contributed by atoms with E-state index >= 15 is 0 Å². The first-order valence-corrected chi connectivity index (χ1v) is 13.3. The van der Waals surface area contributed by atoms with Crippen LogP contribution >= 0.6 is 0 Å². The SMILES string of the molecule is CC(C)(CN1CCC(CC2CC2)(C(=O)NCc2cc(C(F)(F)F)cc(C(F)(F)F)c2)CC1)N1CCOCC1. The first-order valence-electron chi connectivity index (χ1n) is 13.3. The minimum Gasteiger partial charge on any atom is -0.379 e. The largest absolute Gasteiger partial charge is 0.416 e. The van der Waals surface area contributed by atoms with Gasteiger partial charge in [0.25, 0.3) is 0 Å². The van der Waals surface area contributed by atoms with Crippen LogP contribution in [0.15, 0.2) is 18.2 Å². The van der Waals surface area contributed by atoms with Crippen molar-refractivity contribution in [2.24, 2.45) is 11.3 Å². The average Bonchev–Trinajstić information content (AvgIpc) is 3.67. The van der Waals surface area contributed by atoms with Gasteiger partial charge in [0.15, 0.2) is 0 Å². The van der Waals surface area contributed by atoms with Crippen LogP contribution in [0.1, 0.15) is 62.6 Å². The molecular formula is C27H37F6N3O2. The molecule has 3 aliphatic rings. The zero-order chi connectivity index (χ0) is 27.8. The molecule has 0 radical (unpaired) electrons. The zero-order valence-corrected chi connectivity index (χ0v) is 22.0. The van der Waals surface area contributed by atoms with Gasteiger partial charge in [0.05, 0.1) is 29.8 Å². The van der Waals surface area contributed by atoms with Gasteiger partial charge in [0.2, 0.25) is 5.91 Å². The summed E-state index contributed by atoms with van der Waals surface area (Å²) in [6.07, 6.45) is -5.81. The molecule has 2 heterocycles. The summed E-state index contributed by atoms with van der Waals surface area (Å²) in [4.78, 5) is 18.2. The lowest BCUT2D eigenvalue weighted by molar-refractivity contribution is -0.143. The molecule has 1 N–H and O–H groups in total. The predicted octanol–water partition coefficient (Wildman–Crippen LogP) is 5.33. The molecule has 1 aliphatic carbocycles. The number of piperidine rings is 1. The van der Waals surface area contributed by atoms with Crippen molar-refractivity contribution in [2.45, 2.75) is 70.4 Å². The number of ether oxygens (including phenoxy) is 1. The lowest BCUT2D eigenvalue weighted by Gasteiger charge is -2.47. The number of benzene rings is 1. The van der Waals surface area contributed by atoms with Crippen molar-refractivity contribution in [1.29, 1.82) is 0 Å². The lowest BCUT2D eigenvalue weighted by atomic mass is 9.73. The van der Waals surface area contributed by atoms with Gasteiger partial charge in [-0.15, -0.1) is 0 Å². The van der Waals surface area contributed by atoms with Gasteiger partial charge in [-0.25, -0.2) is 0 Å². The molecule has 2 aliphatic heterocycles. The molecule has 5 nitrogen and oxygen atoms in total. The molecule has 0 unspecified atom stereocenters. The van der Waals surface area contributed by atoms with Crippen molar-refractivity contribution in [2.75, 3.05) is 45.9 Å². The normalized spacial score (nSPS) is 21.9. The average molecular weight is 550 g/mol. The molecule has 11 heteroatoms. The summed E-state index contributed by atoms with van der Waals surface area (Å²) in [5.74, 6) is 0.171. The first-order chi connectivity index (χ1) is 17.7. The van der Waals surface area contributed by atoms with E-state index in [1.54, 1.807) is 0 Å². The predicted molar refractivity (Wildman–Crippen MR) is 130 cm³/mol. The van der Waals surface area contributed by atoms with Gasteiger partial charge < -0.3 is 15.0 Å². The van der Waals surface area contributed by atoms with E-state index in [0.717, 1.165) is 45.6 Å². The van der Waals surface area contributed by atoms with E-state index in [4.69, 9.17) is 4.74 Å². The van der Waals surface area contributed by atoms with E-state index < -0.39 is 28.9 Å². The summed E-state index contributed by atoms with van der Waals surface area (Å²) in [5, 5.41) is 2.70. The molecule has 0 aromatic heterocycles. The second-order valence-corrected chi connectivity index (χ2v) is 11.7. The summed E-state index contributed by atoms with van der Waals surface area (Å²) >= 11 is 0. The minimum atomic E-state index is -4.92. The third-order valence-corrected chi connectivity index (χ3v) is 8.25. The number of morpholine rings is 1. The molecule has 0 bridgehead atoms. The fraction of sp³-hybridized carbons (Fsp3) is 0.741. The van der Waals surface area contributed by atoms with Crippen molar-refractivity contribution in [1.82, 2.24) is 15.1 Å². The Labute approximate surface area is 219 Å². The number of rotatable bonds is 8. The summed E-state index contributed by atoms with van der Waals surface area (Å²) in [5.41, 5.74) is -3.68. The van der Waals surface area contributed by atoms with Gasteiger partial charge in [-0.2, -0.15) is 26.3 Å². The highest BCUT2D eigenvalue weighted by Gasteiger charge is 2.46. The number of amides is 1. The van der Waals surface area contributed by atoms with Crippen LogP contribution in [-0.4, -0.2) is 67.2 Å². The van der Waals surface area contributed by atoms with E-state index in [1.807, 2.05) is 0 Å². The Kier molecular flexibility index (Phi) is 8.41. The van der Waals surface area contributed by atoms with Crippen molar-refractivity contribution in [3.63, 3.8) is 0 Å². The number of hydrogen-bond donors (Lipinski definition) is 1. The number of carbonyl (C=O) groups excluding carboxylic acids is 1. The van der Waals surface area contributed by atoms with Crippen molar-refractivity contribution < 1.29 is 35.9 Å². The van der Waals surface area contributed by atoms with Gasteiger partial charge in [-0.1, -0.05) is 12.8 Å². The van der Waals surface area contributed by atoms with Crippen LogP contribution in [0.5, 0.6) is 0 Å². The van der Waals surface area contributed by atoms with E-state index in [-0.39, 0.29) is 29.6 Å². The van der Waals surface area contributed by atoms with Crippen molar-refractivity contribution in [3.8, 4) is 0 Å².